The van der Waals surface area contributed by atoms with Crippen molar-refractivity contribution in [3.8, 4) is 17.0 Å². The van der Waals surface area contributed by atoms with Crippen molar-refractivity contribution in [2.45, 2.75) is 0 Å². The predicted octanol–water partition coefficient (Wildman–Crippen LogP) is 10.2. The second kappa shape index (κ2) is 10.0. The summed E-state index contributed by atoms with van der Waals surface area (Å²) in [5.41, 5.74) is 13.9. The number of hydrogen-bond donors (Lipinski definition) is 0. The molecule has 11 rings (SSSR count). The summed E-state index contributed by atoms with van der Waals surface area (Å²) < 4.78 is 9.27. The summed E-state index contributed by atoms with van der Waals surface area (Å²) in [6, 6.07) is 61.0. The lowest BCUT2D eigenvalue weighted by Crippen LogP contribution is -2.60. The SMILES string of the molecule is c1ccc(N2B3c4c(cccc4-n4c5ccccc5c5c(N(c6ccccc6)c6ccccc6)ccc3c54)-c3oc4ccccc4c32)cc1. The molecule has 0 aliphatic carbocycles. The first kappa shape index (κ1) is 26.6. The molecule has 4 heterocycles. The third-order valence-corrected chi connectivity index (χ3v) is 10.3. The van der Waals surface area contributed by atoms with Gasteiger partial charge in [0.25, 0.3) is 0 Å². The third-order valence-electron chi connectivity index (χ3n) is 10.3. The first-order valence-corrected chi connectivity index (χ1v) is 16.8. The zero-order valence-corrected chi connectivity index (χ0v) is 26.5. The van der Waals surface area contributed by atoms with Gasteiger partial charge in [-0.2, -0.15) is 0 Å². The molecule has 49 heavy (non-hydrogen) atoms. The van der Waals surface area contributed by atoms with Gasteiger partial charge in [-0.05, 0) is 77.7 Å². The lowest BCUT2D eigenvalue weighted by atomic mass is 9.44. The second-order valence-electron chi connectivity index (χ2n) is 12.9. The van der Waals surface area contributed by atoms with Crippen LogP contribution in [0.1, 0.15) is 0 Å². The quantitative estimate of drug-likeness (QED) is 0.182. The maximum Gasteiger partial charge on any atom is 0.333 e. The molecule has 5 heteroatoms. The van der Waals surface area contributed by atoms with Crippen LogP contribution in [-0.2, 0) is 0 Å². The summed E-state index contributed by atoms with van der Waals surface area (Å²) in [5, 5.41) is 3.60. The number of benzene rings is 7. The van der Waals surface area contributed by atoms with Gasteiger partial charge in [0, 0.05) is 44.5 Å². The molecule has 0 amide bonds. The molecular formula is C44H28BN3O. The average molecular weight is 626 g/mol. The monoisotopic (exact) mass is 625 g/mol. The van der Waals surface area contributed by atoms with Gasteiger partial charge < -0.3 is 18.7 Å². The van der Waals surface area contributed by atoms with Crippen LogP contribution in [0.2, 0.25) is 0 Å². The molecule has 0 radical (unpaired) electrons. The molecule has 0 fully saturated rings. The third kappa shape index (κ3) is 3.59. The largest absolute Gasteiger partial charge is 0.454 e. The van der Waals surface area contributed by atoms with Crippen molar-refractivity contribution in [1.29, 1.82) is 0 Å². The molecule has 7 aromatic carbocycles. The first-order valence-electron chi connectivity index (χ1n) is 16.8. The zero-order chi connectivity index (χ0) is 32.1. The molecule has 0 saturated heterocycles. The molecule has 0 atom stereocenters. The normalized spacial score (nSPS) is 12.8. The number of furan rings is 1. The smallest absolute Gasteiger partial charge is 0.333 e. The molecule has 0 spiro atoms. The molecule has 9 aromatic rings. The van der Waals surface area contributed by atoms with Crippen molar-refractivity contribution in [3.05, 3.63) is 170 Å². The van der Waals surface area contributed by atoms with Gasteiger partial charge in [-0.1, -0.05) is 103 Å². The van der Waals surface area contributed by atoms with Crippen LogP contribution in [-0.4, -0.2) is 11.4 Å². The Morgan fingerprint density at radius 1 is 0.551 bits per heavy atom. The summed E-state index contributed by atoms with van der Waals surface area (Å²) in [6.07, 6.45) is 0. The molecule has 0 bridgehead atoms. The fourth-order valence-electron chi connectivity index (χ4n) is 8.45. The fourth-order valence-corrected chi connectivity index (χ4v) is 8.45. The number of rotatable bonds is 4. The average Bonchev–Trinajstić information content (AvgIpc) is 3.73. The first-order chi connectivity index (χ1) is 24.4. The Labute approximate surface area is 283 Å². The molecule has 4 nitrogen and oxygen atoms in total. The van der Waals surface area contributed by atoms with E-state index in [0.29, 0.717) is 0 Å². The topological polar surface area (TPSA) is 24.6 Å². The zero-order valence-electron chi connectivity index (χ0n) is 26.5. The molecule has 2 aromatic heterocycles. The van der Waals surface area contributed by atoms with Crippen LogP contribution in [0.3, 0.4) is 0 Å². The van der Waals surface area contributed by atoms with E-state index in [-0.39, 0.29) is 6.85 Å². The summed E-state index contributed by atoms with van der Waals surface area (Å²) in [5.74, 6) is 0.922. The van der Waals surface area contributed by atoms with Crippen LogP contribution in [0.5, 0.6) is 0 Å². The van der Waals surface area contributed by atoms with Crippen molar-refractivity contribution < 1.29 is 4.42 Å². The number of nitrogens with zero attached hydrogens (tertiary/aromatic N) is 3. The Balaban J connectivity index is 1.30. The molecule has 0 saturated carbocycles. The number of aromatic nitrogens is 1. The molecule has 2 aliphatic rings. The van der Waals surface area contributed by atoms with Gasteiger partial charge in [0.15, 0.2) is 5.76 Å². The molecule has 0 unspecified atom stereocenters. The predicted molar refractivity (Wildman–Crippen MR) is 204 cm³/mol. The van der Waals surface area contributed by atoms with E-state index in [1.54, 1.807) is 0 Å². The van der Waals surface area contributed by atoms with E-state index < -0.39 is 0 Å². The van der Waals surface area contributed by atoms with Crippen LogP contribution in [0.25, 0.3) is 49.8 Å². The molecular weight excluding hydrogens is 597 g/mol. The molecule has 2 aliphatic heterocycles. The highest BCUT2D eigenvalue weighted by atomic mass is 16.3. The van der Waals surface area contributed by atoms with E-state index in [1.165, 1.54) is 38.4 Å². The van der Waals surface area contributed by atoms with Crippen molar-refractivity contribution >= 4 is 79.0 Å². The summed E-state index contributed by atoms with van der Waals surface area (Å²) >= 11 is 0. The summed E-state index contributed by atoms with van der Waals surface area (Å²) in [7, 11) is 0. The van der Waals surface area contributed by atoms with Crippen LogP contribution in [0.4, 0.5) is 28.4 Å². The van der Waals surface area contributed by atoms with Crippen molar-refractivity contribution in [3.63, 3.8) is 0 Å². The second-order valence-corrected chi connectivity index (χ2v) is 12.9. The Hall–Kier alpha value is -6.46. The minimum atomic E-state index is -0.0719. The number of fused-ring (bicyclic) bond motifs is 9. The lowest BCUT2D eigenvalue weighted by Gasteiger charge is -2.40. The fraction of sp³-hybridized carbons (Fsp3) is 0. The van der Waals surface area contributed by atoms with E-state index in [1.807, 2.05) is 0 Å². The summed E-state index contributed by atoms with van der Waals surface area (Å²) in [4.78, 5) is 4.92. The van der Waals surface area contributed by atoms with Crippen LogP contribution in [0, 0.1) is 0 Å². The van der Waals surface area contributed by atoms with Crippen molar-refractivity contribution in [2.24, 2.45) is 0 Å². The summed E-state index contributed by atoms with van der Waals surface area (Å²) in [6.45, 7) is -0.0719. The number of hydrogen-bond acceptors (Lipinski definition) is 3. The maximum atomic E-state index is 6.76. The Kier molecular flexibility index (Phi) is 5.44. The van der Waals surface area contributed by atoms with Crippen molar-refractivity contribution in [1.82, 2.24) is 4.57 Å². The van der Waals surface area contributed by atoms with Crippen molar-refractivity contribution in [2.75, 3.05) is 9.71 Å². The highest BCUT2D eigenvalue weighted by molar-refractivity contribution is 6.93. The van der Waals surface area contributed by atoms with E-state index in [4.69, 9.17) is 4.42 Å². The Morgan fingerprint density at radius 3 is 1.96 bits per heavy atom. The maximum absolute atomic E-state index is 6.76. The number of para-hydroxylation sites is 5. The van der Waals surface area contributed by atoms with Gasteiger partial charge in [0.05, 0.1) is 22.4 Å². The van der Waals surface area contributed by atoms with Gasteiger partial charge in [0.2, 0.25) is 0 Å². The standard InChI is InChI=1S/C44H28BN3O/c1-4-15-29(16-5-1)46(30-17-6-2-7-18-30)37-28-27-35-43-40(37)32-21-10-12-24-36(32)47(43)38-25-14-23-34-41(38)45(35)48(31-19-8-3-9-20-31)42-33-22-11-13-26-39(33)49-44(34)42/h1-28H. The van der Waals surface area contributed by atoms with Gasteiger partial charge in [-0.25, -0.2) is 0 Å². The van der Waals surface area contributed by atoms with Gasteiger partial charge >= 0.3 is 6.85 Å². The molecule has 228 valence electrons. The van der Waals surface area contributed by atoms with Crippen LogP contribution in [0.15, 0.2) is 174 Å². The van der Waals surface area contributed by atoms with E-state index in [9.17, 15) is 0 Å². The van der Waals surface area contributed by atoms with Gasteiger partial charge in [-0.15, -0.1) is 0 Å². The van der Waals surface area contributed by atoms with Crippen LogP contribution >= 0.6 is 0 Å². The van der Waals surface area contributed by atoms with E-state index in [0.717, 1.165) is 50.7 Å². The Bertz CT molecular complexity index is 2690. The van der Waals surface area contributed by atoms with E-state index in [2.05, 4.69) is 184 Å². The minimum Gasteiger partial charge on any atom is -0.454 e. The van der Waals surface area contributed by atoms with E-state index >= 15 is 0 Å². The van der Waals surface area contributed by atoms with Gasteiger partial charge in [0.1, 0.15) is 5.58 Å². The highest BCUT2D eigenvalue weighted by Gasteiger charge is 2.46. The minimum absolute atomic E-state index is 0.0719. The highest BCUT2D eigenvalue weighted by Crippen LogP contribution is 2.50. The molecule has 0 N–H and O–H groups in total. The number of anilines is 5. The Morgan fingerprint density at radius 2 is 1.20 bits per heavy atom. The van der Waals surface area contributed by atoms with Gasteiger partial charge in [-0.3, -0.25) is 0 Å². The lowest BCUT2D eigenvalue weighted by molar-refractivity contribution is 0.632. The van der Waals surface area contributed by atoms with Crippen LogP contribution < -0.4 is 20.6 Å².